The maximum absolute atomic E-state index is 4.08. The number of likely N-dealkylation sites (N-methyl/N-ethyl adjacent to an activating group) is 1. The molecule has 2 aromatic heterocycles. The molecule has 0 aliphatic heterocycles. The van der Waals surface area contributed by atoms with Crippen LogP contribution in [0.3, 0.4) is 0 Å². The van der Waals surface area contributed by atoms with Crippen molar-refractivity contribution in [3.63, 3.8) is 0 Å². The van der Waals surface area contributed by atoms with E-state index in [0.29, 0.717) is 5.95 Å². The molecular weight excluding hydrogens is 296 g/mol. The van der Waals surface area contributed by atoms with E-state index < -0.39 is 0 Å². The molecule has 114 valence electrons. The average Bonchev–Trinajstić information content (AvgIpc) is 3.19. The number of rotatable bonds is 6. The highest BCUT2D eigenvalue weighted by atomic mass is 32.1. The first kappa shape index (κ1) is 14.7. The third-order valence-corrected chi connectivity index (χ3v) is 4.39. The second-order valence-corrected chi connectivity index (χ2v) is 6.10. The predicted molar refractivity (Wildman–Crippen MR) is 88.4 cm³/mol. The minimum absolute atomic E-state index is 0.279. The molecule has 3 rings (SSSR count). The number of nitrogens with zero attached hydrogens (tertiary/aromatic N) is 5. The second kappa shape index (κ2) is 6.67. The Balaban J connectivity index is 1.76. The molecule has 0 aliphatic carbocycles. The van der Waals surface area contributed by atoms with Gasteiger partial charge < -0.3 is 10.2 Å². The lowest BCUT2D eigenvalue weighted by atomic mass is 10.2. The summed E-state index contributed by atoms with van der Waals surface area (Å²) in [7, 11) is 4.15. The van der Waals surface area contributed by atoms with Crippen LogP contribution >= 0.6 is 11.3 Å². The highest BCUT2D eigenvalue weighted by Gasteiger charge is 2.16. The van der Waals surface area contributed by atoms with Crippen LogP contribution in [-0.2, 0) is 0 Å². The third-order valence-electron chi connectivity index (χ3n) is 3.42. The Morgan fingerprint density at radius 2 is 2.00 bits per heavy atom. The molecule has 0 unspecified atom stereocenters. The summed E-state index contributed by atoms with van der Waals surface area (Å²) in [6.45, 7) is 0.737. The summed E-state index contributed by atoms with van der Waals surface area (Å²) in [4.78, 5) is 3.51. The highest BCUT2D eigenvalue weighted by Crippen LogP contribution is 2.23. The van der Waals surface area contributed by atoms with Gasteiger partial charge in [0.1, 0.15) is 0 Å². The SMILES string of the molecule is CN(C)[C@@H](CNc1nnnn1-c1ccccc1)c1cccs1. The van der Waals surface area contributed by atoms with E-state index in [9.17, 15) is 0 Å². The van der Waals surface area contributed by atoms with Crippen LogP contribution < -0.4 is 5.32 Å². The van der Waals surface area contributed by atoms with Crippen LogP contribution in [0.25, 0.3) is 5.69 Å². The number of tetrazole rings is 1. The Hall–Kier alpha value is -2.25. The van der Waals surface area contributed by atoms with Crippen molar-refractivity contribution in [2.24, 2.45) is 0 Å². The summed E-state index contributed by atoms with van der Waals surface area (Å²) in [5, 5.41) is 17.4. The van der Waals surface area contributed by atoms with Crippen molar-refractivity contribution < 1.29 is 0 Å². The molecular formula is C15H18N6S. The zero-order valence-electron chi connectivity index (χ0n) is 12.5. The number of nitrogens with one attached hydrogen (secondary N) is 1. The smallest absolute Gasteiger partial charge is 0.247 e. The minimum Gasteiger partial charge on any atom is -0.351 e. The number of hydrogen-bond donors (Lipinski definition) is 1. The molecule has 0 aliphatic rings. The molecule has 0 saturated carbocycles. The Morgan fingerprint density at radius 1 is 1.18 bits per heavy atom. The van der Waals surface area contributed by atoms with Crippen molar-refractivity contribution in [1.29, 1.82) is 0 Å². The van der Waals surface area contributed by atoms with Gasteiger partial charge in [-0.1, -0.05) is 29.4 Å². The molecule has 0 amide bonds. The van der Waals surface area contributed by atoms with Gasteiger partial charge in [-0.25, -0.2) is 0 Å². The fraction of sp³-hybridized carbons (Fsp3) is 0.267. The summed E-state index contributed by atoms with van der Waals surface area (Å²) in [6.07, 6.45) is 0. The molecule has 3 aromatic rings. The predicted octanol–water partition coefficient (Wildman–Crippen LogP) is 2.44. The molecule has 0 spiro atoms. The van der Waals surface area contributed by atoms with Gasteiger partial charge in [-0.05, 0) is 48.1 Å². The summed E-state index contributed by atoms with van der Waals surface area (Å²) in [5.74, 6) is 0.648. The van der Waals surface area contributed by atoms with Crippen molar-refractivity contribution in [3.05, 3.63) is 52.7 Å². The fourth-order valence-corrected chi connectivity index (χ4v) is 3.17. The van der Waals surface area contributed by atoms with Crippen LogP contribution in [0.5, 0.6) is 0 Å². The first-order chi connectivity index (χ1) is 10.8. The van der Waals surface area contributed by atoms with Gasteiger partial charge in [0.25, 0.3) is 0 Å². The number of benzene rings is 1. The monoisotopic (exact) mass is 314 g/mol. The van der Waals surface area contributed by atoms with Gasteiger partial charge in [0, 0.05) is 11.4 Å². The maximum atomic E-state index is 4.08. The van der Waals surface area contributed by atoms with Crippen molar-refractivity contribution in [3.8, 4) is 5.69 Å². The van der Waals surface area contributed by atoms with Gasteiger partial charge in [-0.3, -0.25) is 0 Å². The van der Waals surface area contributed by atoms with E-state index >= 15 is 0 Å². The summed E-state index contributed by atoms with van der Waals surface area (Å²) < 4.78 is 1.71. The third kappa shape index (κ3) is 3.15. The van der Waals surface area contributed by atoms with Gasteiger partial charge in [-0.15, -0.1) is 11.3 Å². The Labute approximate surface area is 133 Å². The second-order valence-electron chi connectivity index (χ2n) is 5.13. The van der Waals surface area contributed by atoms with Crippen LogP contribution in [0.1, 0.15) is 10.9 Å². The number of hydrogen-bond acceptors (Lipinski definition) is 6. The van der Waals surface area contributed by atoms with E-state index in [1.807, 2.05) is 30.3 Å². The molecule has 1 atom stereocenters. The summed E-state index contributed by atoms with van der Waals surface area (Å²) in [6, 6.07) is 14.4. The highest BCUT2D eigenvalue weighted by molar-refractivity contribution is 7.10. The molecule has 22 heavy (non-hydrogen) atoms. The lowest BCUT2D eigenvalue weighted by Gasteiger charge is -2.23. The lowest BCUT2D eigenvalue weighted by Crippen LogP contribution is -2.27. The van der Waals surface area contributed by atoms with Crippen LogP contribution in [-0.4, -0.2) is 45.7 Å². The van der Waals surface area contributed by atoms with Crippen molar-refractivity contribution in [2.45, 2.75) is 6.04 Å². The van der Waals surface area contributed by atoms with E-state index in [0.717, 1.165) is 12.2 Å². The number of para-hydroxylation sites is 1. The average molecular weight is 314 g/mol. The van der Waals surface area contributed by atoms with Crippen molar-refractivity contribution in [2.75, 3.05) is 26.0 Å². The number of aromatic nitrogens is 4. The molecule has 0 bridgehead atoms. The van der Waals surface area contributed by atoms with Gasteiger partial charge >= 0.3 is 0 Å². The van der Waals surface area contributed by atoms with Gasteiger partial charge in [-0.2, -0.15) is 4.68 Å². The van der Waals surface area contributed by atoms with Crippen LogP contribution in [0.2, 0.25) is 0 Å². The molecule has 0 saturated heterocycles. The van der Waals surface area contributed by atoms with E-state index in [4.69, 9.17) is 0 Å². The van der Waals surface area contributed by atoms with Crippen LogP contribution in [0, 0.1) is 0 Å². The van der Waals surface area contributed by atoms with E-state index in [-0.39, 0.29) is 6.04 Å². The van der Waals surface area contributed by atoms with Crippen molar-refractivity contribution in [1.82, 2.24) is 25.1 Å². The fourth-order valence-electron chi connectivity index (χ4n) is 2.25. The molecule has 6 nitrogen and oxygen atoms in total. The molecule has 0 fully saturated rings. The van der Waals surface area contributed by atoms with E-state index in [1.54, 1.807) is 16.0 Å². The van der Waals surface area contributed by atoms with Gasteiger partial charge in [0.05, 0.1) is 11.7 Å². The number of thiophene rings is 1. The molecule has 7 heteroatoms. The number of anilines is 1. The van der Waals surface area contributed by atoms with Crippen LogP contribution in [0.15, 0.2) is 47.8 Å². The zero-order valence-corrected chi connectivity index (χ0v) is 13.4. The standard InChI is InChI=1S/C15H18N6S/c1-20(2)13(14-9-6-10-22-14)11-16-15-17-18-19-21(15)12-7-4-3-5-8-12/h3-10,13H,11H2,1-2H3,(H,16,17,19)/t13-/m0/s1. The van der Waals surface area contributed by atoms with Gasteiger partial charge in [0.2, 0.25) is 5.95 Å². The molecule has 1 N–H and O–H groups in total. The normalized spacial score (nSPS) is 12.5. The Morgan fingerprint density at radius 3 is 2.68 bits per heavy atom. The minimum atomic E-state index is 0.279. The van der Waals surface area contributed by atoms with Crippen LogP contribution in [0.4, 0.5) is 5.95 Å². The van der Waals surface area contributed by atoms with E-state index in [1.165, 1.54) is 4.88 Å². The topological polar surface area (TPSA) is 58.9 Å². The Kier molecular flexibility index (Phi) is 4.45. The largest absolute Gasteiger partial charge is 0.351 e. The Bertz CT molecular complexity index is 692. The first-order valence-corrected chi connectivity index (χ1v) is 7.91. The molecule has 2 heterocycles. The lowest BCUT2D eigenvalue weighted by molar-refractivity contribution is 0.315. The maximum Gasteiger partial charge on any atom is 0.247 e. The summed E-state index contributed by atoms with van der Waals surface area (Å²) in [5.41, 5.74) is 0.938. The summed E-state index contributed by atoms with van der Waals surface area (Å²) >= 11 is 1.76. The van der Waals surface area contributed by atoms with E-state index in [2.05, 4.69) is 57.4 Å². The molecule has 0 radical (unpaired) electrons. The van der Waals surface area contributed by atoms with Gasteiger partial charge in [0.15, 0.2) is 0 Å². The quantitative estimate of drug-likeness (QED) is 0.757. The first-order valence-electron chi connectivity index (χ1n) is 7.03. The molecule has 1 aromatic carbocycles. The van der Waals surface area contributed by atoms with Crippen molar-refractivity contribution >= 4 is 17.3 Å². The zero-order chi connectivity index (χ0) is 15.4.